The molecule has 0 nitrogen and oxygen atoms in total. The van der Waals surface area contributed by atoms with Crippen molar-refractivity contribution in [3.8, 4) is 0 Å². The standard InChI is InChI=1S/C7H15F/c1-7(2)5-3-4-6-8/h7H,3-6H2,1-2H3. The number of hydrogen-bond donors (Lipinski definition) is 0. The Morgan fingerprint density at radius 3 is 2.25 bits per heavy atom. The lowest BCUT2D eigenvalue weighted by Gasteiger charge is -1.99. The maximum atomic E-state index is 11.4. The van der Waals surface area contributed by atoms with Crippen LogP contribution in [0.15, 0.2) is 0 Å². The molecule has 0 radical (unpaired) electrons. The SMILES string of the molecule is CC(C)CCCCF. The minimum atomic E-state index is -0.146. The first kappa shape index (κ1) is 7.93. The van der Waals surface area contributed by atoms with E-state index in [9.17, 15) is 4.39 Å². The van der Waals surface area contributed by atoms with E-state index >= 15 is 0 Å². The summed E-state index contributed by atoms with van der Waals surface area (Å²) in [7, 11) is 0. The average molecular weight is 118 g/mol. The molecule has 0 aliphatic rings. The molecule has 0 aromatic rings. The third kappa shape index (κ3) is 5.93. The lowest BCUT2D eigenvalue weighted by Crippen LogP contribution is -1.86. The maximum absolute atomic E-state index is 11.4. The van der Waals surface area contributed by atoms with Crippen LogP contribution in [-0.2, 0) is 0 Å². The highest BCUT2D eigenvalue weighted by molar-refractivity contribution is 4.44. The zero-order valence-corrected chi connectivity index (χ0v) is 5.78. The molecule has 1 heteroatoms. The van der Waals surface area contributed by atoms with Crippen LogP contribution in [0.5, 0.6) is 0 Å². The Morgan fingerprint density at radius 2 is 1.88 bits per heavy atom. The van der Waals surface area contributed by atoms with E-state index in [0.717, 1.165) is 18.8 Å². The van der Waals surface area contributed by atoms with Crippen molar-refractivity contribution < 1.29 is 4.39 Å². The number of unbranched alkanes of at least 4 members (excludes halogenated alkanes) is 1. The topological polar surface area (TPSA) is 0 Å². The molecule has 0 aliphatic carbocycles. The molecule has 0 bridgehead atoms. The highest BCUT2D eigenvalue weighted by Crippen LogP contribution is 2.05. The molecule has 0 aliphatic heterocycles. The molecular formula is C7H15F. The fourth-order valence-corrected chi connectivity index (χ4v) is 0.647. The summed E-state index contributed by atoms with van der Waals surface area (Å²) in [5.74, 6) is 0.738. The van der Waals surface area contributed by atoms with E-state index in [0.29, 0.717) is 0 Å². The second-order valence-corrected chi connectivity index (χ2v) is 2.58. The molecule has 8 heavy (non-hydrogen) atoms. The maximum Gasteiger partial charge on any atom is 0.0894 e. The van der Waals surface area contributed by atoms with Gasteiger partial charge in [-0.1, -0.05) is 26.7 Å². The van der Waals surface area contributed by atoms with Crippen LogP contribution in [0.3, 0.4) is 0 Å². The number of halogens is 1. The van der Waals surface area contributed by atoms with Crippen LogP contribution in [0.4, 0.5) is 4.39 Å². The van der Waals surface area contributed by atoms with Gasteiger partial charge in [-0.25, -0.2) is 0 Å². The molecule has 0 fully saturated rings. The molecule has 0 atom stereocenters. The second kappa shape index (κ2) is 5.07. The van der Waals surface area contributed by atoms with Crippen molar-refractivity contribution in [1.82, 2.24) is 0 Å². The Balaban J connectivity index is 2.72. The van der Waals surface area contributed by atoms with Gasteiger partial charge in [0, 0.05) is 0 Å². The average Bonchev–Trinajstić information content (AvgIpc) is 1.66. The largest absolute Gasteiger partial charge is 0.251 e. The number of alkyl halides is 1. The van der Waals surface area contributed by atoms with E-state index in [4.69, 9.17) is 0 Å². The fraction of sp³-hybridized carbons (Fsp3) is 1.00. The van der Waals surface area contributed by atoms with Gasteiger partial charge in [0.15, 0.2) is 0 Å². The van der Waals surface area contributed by atoms with E-state index in [2.05, 4.69) is 13.8 Å². The molecule has 0 N–H and O–H groups in total. The Hall–Kier alpha value is -0.0700. The van der Waals surface area contributed by atoms with Crippen molar-refractivity contribution in [2.75, 3.05) is 6.67 Å². The van der Waals surface area contributed by atoms with Gasteiger partial charge in [-0.2, -0.15) is 0 Å². The van der Waals surface area contributed by atoms with Crippen LogP contribution < -0.4 is 0 Å². The normalized spacial score (nSPS) is 10.5. The fourth-order valence-electron chi connectivity index (χ4n) is 0.647. The van der Waals surface area contributed by atoms with Crippen molar-refractivity contribution in [3.05, 3.63) is 0 Å². The summed E-state index contributed by atoms with van der Waals surface area (Å²) in [5.41, 5.74) is 0. The van der Waals surface area contributed by atoms with Gasteiger partial charge in [0.1, 0.15) is 0 Å². The Bertz CT molecular complexity index is 41.7. The molecule has 0 amide bonds. The van der Waals surface area contributed by atoms with Gasteiger partial charge < -0.3 is 0 Å². The van der Waals surface area contributed by atoms with Gasteiger partial charge in [0.05, 0.1) is 6.67 Å². The van der Waals surface area contributed by atoms with Gasteiger partial charge in [-0.3, -0.25) is 4.39 Å². The minimum Gasteiger partial charge on any atom is -0.251 e. The summed E-state index contributed by atoms with van der Waals surface area (Å²) >= 11 is 0. The lowest BCUT2D eigenvalue weighted by molar-refractivity contribution is 0.436. The predicted octanol–water partition coefficient (Wildman–Crippen LogP) is 2.78. The lowest BCUT2D eigenvalue weighted by atomic mass is 10.1. The van der Waals surface area contributed by atoms with Crippen molar-refractivity contribution in [2.45, 2.75) is 33.1 Å². The first-order valence-electron chi connectivity index (χ1n) is 3.33. The third-order valence-corrected chi connectivity index (χ3v) is 1.17. The molecule has 50 valence electrons. The number of rotatable bonds is 4. The second-order valence-electron chi connectivity index (χ2n) is 2.58. The van der Waals surface area contributed by atoms with Gasteiger partial charge in [-0.05, 0) is 12.3 Å². The van der Waals surface area contributed by atoms with E-state index < -0.39 is 0 Å². The first-order valence-corrected chi connectivity index (χ1v) is 3.33. The molecule has 0 spiro atoms. The smallest absolute Gasteiger partial charge is 0.0894 e. The monoisotopic (exact) mass is 118 g/mol. The van der Waals surface area contributed by atoms with Gasteiger partial charge in [0.2, 0.25) is 0 Å². The molecule has 0 aromatic carbocycles. The summed E-state index contributed by atoms with van der Waals surface area (Å²) < 4.78 is 11.4. The summed E-state index contributed by atoms with van der Waals surface area (Å²) in [5, 5.41) is 0. The first-order chi connectivity index (χ1) is 3.77. The van der Waals surface area contributed by atoms with Gasteiger partial charge in [-0.15, -0.1) is 0 Å². The molecular weight excluding hydrogens is 103 g/mol. The third-order valence-electron chi connectivity index (χ3n) is 1.17. The Kier molecular flexibility index (Phi) is 5.03. The quantitative estimate of drug-likeness (QED) is 0.498. The predicted molar refractivity (Wildman–Crippen MR) is 34.7 cm³/mol. The summed E-state index contributed by atoms with van der Waals surface area (Å²) in [4.78, 5) is 0. The highest BCUT2D eigenvalue weighted by atomic mass is 19.1. The van der Waals surface area contributed by atoms with Crippen LogP contribution >= 0.6 is 0 Å². The van der Waals surface area contributed by atoms with Crippen LogP contribution in [0, 0.1) is 5.92 Å². The summed E-state index contributed by atoms with van der Waals surface area (Å²) in [6, 6.07) is 0. The molecule has 0 heterocycles. The zero-order chi connectivity index (χ0) is 6.41. The van der Waals surface area contributed by atoms with E-state index in [-0.39, 0.29) is 6.67 Å². The molecule has 0 rings (SSSR count). The van der Waals surface area contributed by atoms with Crippen LogP contribution in [0.2, 0.25) is 0 Å². The highest BCUT2D eigenvalue weighted by Gasteiger charge is 1.91. The van der Waals surface area contributed by atoms with E-state index in [1.165, 1.54) is 6.42 Å². The Labute approximate surface area is 51.1 Å². The van der Waals surface area contributed by atoms with Crippen LogP contribution in [0.25, 0.3) is 0 Å². The molecule has 0 saturated heterocycles. The Morgan fingerprint density at radius 1 is 1.25 bits per heavy atom. The van der Waals surface area contributed by atoms with Gasteiger partial charge in [0.25, 0.3) is 0 Å². The van der Waals surface area contributed by atoms with Crippen molar-refractivity contribution in [1.29, 1.82) is 0 Å². The van der Waals surface area contributed by atoms with Crippen LogP contribution in [0.1, 0.15) is 33.1 Å². The number of hydrogen-bond acceptors (Lipinski definition) is 0. The van der Waals surface area contributed by atoms with Crippen molar-refractivity contribution in [2.24, 2.45) is 5.92 Å². The van der Waals surface area contributed by atoms with E-state index in [1.807, 2.05) is 0 Å². The van der Waals surface area contributed by atoms with Crippen molar-refractivity contribution >= 4 is 0 Å². The van der Waals surface area contributed by atoms with E-state index in [1.54, 1.807) is 0 Å². The van der Waals surface area contributed by atoms with Gasteiger partial charge >= 0.3 is 0 Å². The molecule has 0 saturated carbocycles. The zero-order valence-electron chi connectivity index (χ0n) is 5.78. The molecule has 0 aromatic heterocycles. The summed E-state index contributed by atoms with van der Waals surface area (Å²) in [6.07, 6.45) is 2.97. The van der Waals surface area contributed by atoms with Crippen LogP contribution in [-0.4, -0.2) is 6.67 Å². The summed E-state index contributed by atoms with van der Waals surface area (Å²) in [6.45, 7) is 4.18. The molecule has 0 unspecified atom stereocenters. The minimum absolute atomic E-state index is 0.146. The van der Waals surface area contributed by atoms with Crippen molar-refractivity contribution in [3.63, 3.8) is 0 Å².